The van der Waals surface area contributed by atoms with Gasteiger partial charge in [-0.3, -0.25) is 14.9 Å². The number of hydrogen-bond donors (Lipinski definition) is 4. The van der Waals surface area contributed by atoms with Crippen LogP contribution in [-0.4, -0.2) is 41.0 Å². The molecule has 4 amide bonds. The largest absolute Gasteiger partial charge is 0.480 e. The third-order valence-corrected chi connectivity index (χ3v) is 2.93. The fraction of sp³-hybridized carbons (Fsp3) is 0.667. The molecule has 0 aromatic heterocycles. The summed E-state index contributed by atoms with van der Waals surface area (Å²) in [7, 11) is 0. The summed E-state index contributed by atoms with van der Waals surface area (Å²) in [5.41, 5.74) is -0.673. The van der Waals surface area contributed by atoms with Gasteiger partial charge >= 0.3 is 12.0 Å². The van der Waals surface area contributed by atoms with Crippen LogP contribution in [0.1, 0.15) is 33.6 Å². The van der Waals surface area contributed by atoms with Gasteiger partial charge in [0, 0.05) is 6.42 Å². The average molecular weight is 285 g/mol. The molecule has 1 heterocycles. The third kappa shape index (κ3) is 4.22. The summed E-state index contributed by atoms with van der Waals surface area (Å²) in [6.07, 6.45) is 0.337. The van der Waals surface area contributed by atoms with Gasteiger partial charge in [-0.2, -0.15) is 0 Å². The Kier molecular flexibility index (Phi) is 4.69. The van der Waals surface area contributed by atoms with Crippen LogP contribution in [0.2, 0.25) is 0 Å². The Morgan fingerprint density at radius 2 is 1.95 bits per heavy atom. The van der Waals surface area contributed by atoms with E-state index < -0.39 is 35.4 Å². The Hall–Kier alpha value is -2.12. The molecule has 0 spiro atoms. The molecule has 1 saturated heterocycles. The highest BCUT2D eigenvalue weighted by atomic mass is 16.4. The molecular formula is C12H19N3O5. The molecule has 1 unspecified atom stereocenters. The second-order valence-electron chi connectivity index (χ2n) is 5.76. The summed E-state index contributed by atoms with van der Waals surface area (Å²) < 4.78 is 0. The number of aliphatic carboxylic acids is 1. The van der Waals surface area contributed by atoms with Crippen molar-refractivity contribution in [3.05, 3.63) is 0 Å². The number of nitrogens with one attached hydrogen (secondary N) is 3. The zero-order chi connectivity index (χ0) is 15.5. The molecule has 1 aliphatic rings. The van der Waals surface area contributed by atoms with Gasteiger partial charge in [-0.1, -0.05) is 20.8 Å². The number of piperidine rings is 1. The maximum Gasteiger partial charge on any atom is 0.326 e. The second-order valence-corrected chi connectivity index (χ2v) is 5.76. The van der Waals surface area contributed by atoms with Crippen molar-refractivity contribution in [2.45, 2.75) is 45.7 Å². The number of rotatable bonds is 3. The Labute approximate surface area is 116 Å². The van der Waals surface area contributed by atoms with Gasteiger partial charge in [0.2, 0.25) is 11.8 Å². The molecule has 1 rings (SSSR count). The van der Waals surface area contributed by atoms with E-state index in [1.54, 1.807) is 20.8 Å². The summed E-state index contributed by atoms with van der Waals surface area (Å²) in [5, 5.41) is 15.9. The van der Waals surface area contributed by atoms with Gasteiger partial charge in [0.15, 0.2) is 0 Å². The van der Waals surface area contributed by atoms with Crippen LogP contribution in [0.25, 0.3) is 0 Å². The lowest BCUT2D eigenvalue weighted by Crippen LogP contribution is -2.58. The second kappa shape index (κ2) is 5.89. The predicted octanol–water partition coefficient (Wildman–Crippen LogP) is -0.410. The van der Waals surface area contributed by atoms with E-state index >= 15 is 0 Å². The highest BCUT2D eigenvalue weighted by Gasteiger charge is 2.34. The zero-order valence-corrected chi connectivity index (χ0v) is 11.6. The zero-order valence-electron chi connectivity index (χ0n) is 11.6. The van der Waals surface area contributed by atoms with E-state index in [0.29, 0.717) is 0 Å². The fourth-order valence-electron chi connectivity index (χ4n) is 1.81. The molecule has 0 aliphatic carbocycles. The van der Waals surface area contributed by atoms with Crippen molar-refractivity contribution in [1.82, 2.24) is 16.0 Å². The standard InChI is InChI=1S/C12H19N3O5/c1-12(2,3)8(10(18)19)15-11(20)13-6-4-5-7(16)14-9(6)17/h6,8H,4-5H2,1-3H3,(H,18,19)(H2,13,15,20)(H,14,16,17)/t6?,8-/m1/s1. The molecule has 8 heteroatoms. The van der Waals surface area contributed by atoms with Gasteiger partial charge in [0.1, 0.15) is 12.1 Å². The number of imide groups is 1. The maximum absolute atomic E-state index is 11.7. The summed E-state index contributed by atoms with van der Waals surface area (Å²) in [6, 6.07) is -2.67. The number of carboxylic acid groups (broad SMARTS) is 1. The monoisotopic (exact) mass is 285 g/mol. The van der Waals surface area contributed by atoms with Crippen molar-refractivity contribution in [1.29, 1.82) is 0 Å². The quantitative estimate of drug-likeness (QED) is 0.525. The molecule has 4 N–H and O–H groups in total. The molecule has 2 atom stereocenters. The maximum atomic E-state index is 11.7. The summed E-state index contributed by atoms with van der Waals surface area (Å²) in [5.74, 6) is -2.12. The van der Waals surface area contributed by atoms with E-state index in [-0.39, 0.29) is 18.7 Å². The molecule has 8 nitrogen and oxygen atoms in total. The Morgan fingerprint density at radius 1 is 1.35 bits per heavy atom. The lowest BCUT2D eigenvalue weighted by atomic mass is 9.87. The van der Waals surface area contributed by atoms with Gasteiger partial charge < -0.3 is 15.7 Å². The highest BCUT2D eigenvalue weighted by Crippen LogP contribution is 2.19. The van der Waals surface area contributed by atoms with Gasteiger partial charge in [-0.25, -0.2) is 9.59 Å². The highest BCUT2D eigenvalue weighted by molar-refractivity contribution is 6.01. The third-order valence-electron chi connectivity index (χ3n) is 2.93. The molecular weight excluding hydrogens is 266 g/mol. The Balaban J connectivity index is 2.61. The van der Waals surface area contributed by atoms with Crippen LogP contribution in [-0.2, 0) is 14.4 Å². The van der Waals surface area contributed by atoms with Gasteiger partial charge in [0.25, 0.3) is 0 Å². The minimum Gasteiger partial charge on any atom is -0.480 e. The van der Waals surface area contributed by atoms with Crippen molar-refractivity contribution in [3.63, 3.8) is 0 Å². The van der Waals surface area contributed by atoms with Crippen molar-refractivity contribution in [2.24, 2.45) is 5.41 Å². The van der Waals surface area contributed by atoms with Crippen molar-refractivity contribution >= 4 is 23.8 Å². The SMILES string of the molecule is CC(C)(C)[C@H](NC(=O)NC1CCC(=O)NC1=O)C(=O)O. The Morgan fingerprint density at radius 3 is 2.40 bits per heavy atom. The normalized spacial score (nSPS) is 20.9. The number of amides is 4. The van der Waals surface area contributed by atoms with E-state index in [4.69, 9.17) is 5.11 Å². The van der Waals surface area contributed by atoms with Gasteiger partial charge in [0.05, 0.1) is 0 Å². The van der Waals surface area contributed by atoms with E-state index in [9.17, 15) is 19.2 Å². The lowest BCUT2D eigenvalue weighted by Gasteiger charge is -2.29. The van der Waals surface area contributed by atoms with E-state index in [1.807, 2.05) is 0 Å². The molecule has 0 aromatic carbocycles. The van der Waals surface area contributed by atoms with Gasteiger partial charge in [-0.05, 0) is 11.8 Å². The summed E-state index contributed by atoms with van der Waals surface area (Å²) >= 11 is 0. The average Bonchev–Trinajstić information content (AvgIpc) is 2.28. The van der Waals surface area contributed by atoms with Crippen LogP contribution in [0.15, 0.2) is 0 Å². The molecule has 0 bridgehead atoms. The smallest absolute Gasteiger partial charge is 0.326 e. The fourth-order valence-corrected chi connectivity index (χ4v) is 1.81. The van der Waals surface area contributed by atoms with E-state index in [1.165, 1.54) is 0 Å². The first-order valence-corrected chi connectivity index (χ1v) is 6.25. The van der Waals surface area contributed by atoms with Crippen LogP contribution < -0.4 is 16.0 Å². The number of carboxylic acids is 1. The van der Waals surface area contributed by atoms with Gasteiger partial charge in [-0.15, -0.1) is 0 Å². The van der Waals surface area contributed by atoms with Crippen LogP contribution in [0.4, 0.5) is 4.79 Å². The summed E-state index contributed by atoms with van der Waals surface area (Å²) in [4.78, 5) is 45.3. The molecule has 20 heavy (non-hydrogen) atoms. The number of carbonyl (C=O) groups is 4. The lowest BCUT2D eigenvalue weighted by molar-refractivity contribution is -0.142. The molecule has 1 fully saturated rings. The molecule has 1 aliphatic heterocycles. The van der Waals surface area contributed by atoms with Crippen LogP contribution in [0.3, 0.4) is 0 Å². The molecule has 112 valence electrons. The minimum atomic E-state index is -1.16. The topological polar surface area (TPSA) is 125 Å². The Bertz CT molecular complexity index is 441. The molecule has 0 saturated carbocycles. The van der Waals surface area contributed by atoms with Crippen molar-refractivity contribution in [2.75, 3.05) is 0 Å². The first-order chi connectivity index (χ1) is 9.11. The minimum absolute atomic E-state index is 0.137. The molecule has 0 aromatic rings. The number of carbonyl (C=O) groups excluding carboxylic acids is 3. The van der Waals surface area contributed by atoms with Crippen molar-refractivity contribution in [3.8, 4) is 0 Å². The van der Waals surface area contributed by atoms with Crippen LogP contribution in [0, 0.1) is 5.41 Å². The van der Waals surface area contributed by atoms with Crippen molar-refractivity contribution < 1.29 is 24.3 Å². The van der Waals surface area contributed by atoms with Crippen LogP contribution >= 0.6 is 0 Å². The molecule has 0 radical (unpaired) electrons. The summed E-state index contributed by atoms with van der Waals surface area (Å²) in [6.45, 7) is 5.04. The number of hydrogen-bond acceptors (Lipinski definition) is 4. The predicted molar refractivity (Wildman–Crippen MR) is 68.7 cm³/mol. The van der Waals surface area contributed by atoms with E-state index in [2.05, 4.69) is 16.0 Å². The first-order valence-electron chi connectivity index (χ1n) is 6.25. The van der Waals surface area contributed by atoms with E-state index in [0.717, 1.165) is 0 Å². The van der Waals surface area contributed by atoms with Crippen LogP contribution in [0.5, 0.6) is 0 Å². The first kappa shape index (κ1) is 15.9. The number of urea groups is 1.